The Kier molecular flexibility index (Phi) is 3.78. The number of nitrogens with zero attached hydrogens (tertiary/aromatic N) is 1. The predicted octanol–water partition coefficient (Wildman–Crippen LogP) is 2.76. The van der Waals surface area contributed by atoms with Gasteiger partial charge in [0.25, 0.3) is 0 Å². The number of ether oxygens (including phenoxy) is 1. The van der Waals surface area contributed by atoms with Crippen LogP contribution in [0, 0.1) is 0 Å². The second-order valence-corrected chi connectivity index (χ2v) is 3.68. The first-order valence-corrected chi connectivity index (χ1v) is 4.78. The highest BCUT2D eigenvalue weighted by molar-refractivity contribution is 9.10. The molecule has 1 heterocycles. The van der Waals surface area contributed by atoms with E-state index in [1.165, 1.54) is 12.3 Å². The van der Waals surface area contributed by atoms with Crippen molar-refractivity contribution in [1.29, 1.82) is 0 Å². The van der Waals surface area contributed by atoms with Crippen molar-refractivity contribution in [1.82, 2.24) is 4.98 Å². The Morgan fingerprint density at radius 2 is 2.13 bits per heavy atom. The molecule has 3 nitrogen and oxygen atoms in total. The Bertz CT molecular complexity index is 343. The first-order valence-electron chi connectivity index (χ1n) is 3.99. The zero-order chi connectivity index (χ0) is 11.5. The molecule has 0 aliphatic heterocycles. The van der Waals surface area contributed by atoms with Gasteiger partial charge < -0.3 is 10.5 Å². The van der Waals surface area contributed by atoms with Crippen molar-refractivity contribution in [2.75, 3.05) is 12.3 Å². The third-order valence-corrected chi connectivity index (χ3v) is 1.90. The van der Waals surface area contributed by atoms with Crippen molar-refractivity contribution in [3.8, 4) is 5.88 Å². The lowest BCUT2D eigenvalue weighted by molar-refractivity contribution is -0.139. The second-order valence-electron chi connectivity index (χ2n) is 2.76. The molecule has 1 aromatic rings. The van der Waals surface area contributed by atoms with E-state index in [-0.39, 0.29) is 11.6 Å². The summed E-state index contributed by atoms with van der Waals surface area (Å²) in [7, 11) is 0. The molecule has 0 radical (unpaired) electrons. The number of rotatable bonds is 3. The van der Waals surface area contributed by atoms with Crippen LogP contribution in [0.2, 0.25) is 0 Å². The van der Waals surface area contributed by atoms with Gasteiger partial charge in [-0.25, -0.2) is 4.98 Å². The van der Waals surface area contributed by atoms with Gasteiger partial charge in [0.1, 0.15) is 0 Å². The van der Waals surface area contributed by atoms with Crippen LogP contribution >= 0.6 is 15.9 Å². The van der Waals surface area contributed by atoms with E-state index < -0.39 is 19.2 Å². The lowest BCUT2D eigenvalue weighted by atomic mass is 10.4. The van der Waals surface area contributed by atoms with Gasteiger partial charge in [0.2, 0.25) is 5.88 Å². The molecular formula is C8H8BrF3N2O. The maximum Gasteiger partial charge on any atom is 0.392 e. The van der Waals surface area contributed by atoms with Crippen molar-refractivity contribution in [3.05, 3.63) is 16.7 Å². The second kappa shape index (κ2) is 4.69. The Balaban J connectivity index is 2.51. The Labute approximate surface area is 92.6 Å². The number of pyridine rings is 1. The van der Waals surface area contributed by atoms with E-state index >= 15 is 0 Å². The fraction of sp³-hybridized carbons (Fsp3) is 0.375. The Hall–Kier alpha value is -0.980. The van der Waals surface area contributed by atoms with Gasteiger partial charge in [0.05, 0.1) is 18.7 Å². The molecule has 2 N–H and O–H groups in total. The van der Waals surface area contributed by atoms with Crippen LogP contribution < -0.4 is 10.5 Å². The van der Waals surface area contributed by atoms with Gasteiger partial charge in [0, 0.05) is 10.7 Å². The predicted molar refractivity (Wildman–Crippen MR) is 52.5 cm³/mol. The molecule has 7 heteroatoms. The van der Waals surface area contributed by atoms with E-state index in [0.717, 1.165) is 0 Å². The molecule has 15 heavy (non-hydrogen) atoms. The standard InChI is InChI=1S/C8H8BrF3N2O/c9-5-3-6(13)7(14-4-5)15-2-1-8(10,11)12/h3-4H,1-2,13H2. The molecule has 0 unspecified atom stereocenters. The first-order chi connectivity index (χ1) is 6.88. The van der Waals surface area contributed by atoms with Crippen LogP contribution in [0.1, 0.15) is 6.42 Å². The smallest absolute Gasteiger partial charge is 0.392 e. The lowest BCUT2D eigenvalue weighted by Gasteiger charge is -2.09. The molecular weight excluding hydrogens is 277 g/mol. The number of nitrogens with two attached hydrogens (primary N) is 1. The Morgan fingerprint density at radius 1 is 1.47 bits per heavy atom. The zero-order valence-corrected chi connectivity index (χ0v) is 9.10. The van der Waals surface area contributed by atoms with Crippen LogP contribution in [0.4, 0.5) is 18.9 Å². The topological polar surface area (TPSA) is 48.1 Å². The summed E-state index contributed by atoms with van der Waals surface area (Å²) in [6, 6.07) is 1.51. The minimum absolute atomic E-state index is 0.0162. The molecule has 0 bridgehead atoms. The summed E-state index contributed by atoms with van der Waals surface area (Å²) in [5.41, 5.74) is 5.67. The summed E-state index contributed by atoms with van der Waals surface area (Å²) in [4.78, 5) is 3.74. The number of halogens is 4. The third kappa shape index (κ3) is 4.37. The summed E-state index contributed by atoms with van der Waals surface area (Å²) < 4.78 is 40.8. The highest BCUT2D eigenvalue weighted by Gasteiger charge is 2.27. The molecule has 0 atom stereocenters. The maximum atomic E-state index is 11.8. The van der Waals surface area contributed by atoms with E-state index in [0.29, 0.717) is 4.47 Å². The fourth-order valence-corrected chi connectivity index (χ4v) is 1.18. The highest BCUT2D eigenvalue weighted by atomic mass is 79.9. The quantitative estimate of drug-likeness (QED) is 0.929. The molecule has 0 aliphatic rings. The highest BCUT2D eigenvalue weighted by Crippen LogP contribution is 2.24. The molecule has 0 saturated carbocycles. The van der Waals surface area contributed by atoms with Crippen LogP contribution in [-0.4, -0.2) is 17.8 Å². The largest absolute Gasteiger partial charge is 0.476 e. The van der Waals surface area contributed by atoms with Crippen molar-refractivity contribution in [2.45, 2.75) is 12.6 Å². The number of alkyl halides is 3. The summed E-state index contributed by atoms with van der Waals surface area (Å²) in [6.07, 6.45) is -3.85. The van der Waals surface area contributed by atoms with Crippen LogP contribution in [-0.2, 0) is 0 Å². The monoisotopic (exact) mass is 284 g/mol. The van der Waals surface area contributed by atoms with Gasteiger partial charge in [-0.2, -0.15) is 13.2 Å². The van der Waals surface area contributed by atoms with Gasteiger partial charge in [-0.3, -0.25) is 0 Å². The number of nitrogen functional groups attached to an aromatic ring is 1. The van der Waals surface area contributed by atoms with Gasteiger partial charge in [-0.1, -0.05) is 0 Å². The molecule has 0 aliphatic carbocycles. The van der Waals surface area contributed by atoms with Crippen molar-refractivity contribution >= 4 is 21.6 Å². The molecule has 1 aromatic heterocycles. The molecule has 0 spiro atoms. The summed E-state index contributed by atoms with van der Waals surface area (Å²) in [6.45, 7) is -0.484. The number of hydrogen-bond acceptors (Lipinski definition) is 3. The number of hydrogen-bond donors (Lipinski definition) is 1. The van der Waals surface area contributed by atoms with Crippen molar-refractivity contribution < 1.29 is 17.9 Å². The molecule has 0 amide bonds. The average Bonchev–Trinajstić information content (AvgIpc) is 2.07. The van der Waals surface area contributed by atoms with Crippen LogP contribution in [0.25, 0.3) is 0 Å². The van der Waals surface area contributed by atoms with Gasteiger partial charge in [-0.15, -0.1) is 0 Å². The molecule has 84 valence electrons. The Morgan fingerprint density at radius 3 is 2.67 bits per heavy atom. The summed E-state index contributed by atoms with van der Waals surface area (Å²) >= 11 is 3.12. The molecule has 0 fully saturated rings. The summed E-state index contributed by atoms with van der Waals surface area (Å²) in [5.74, 6) is 0.0162. The molecule has 0 aromatic carbocycles. The normalized spacial score (nSPS) is 11.5. The van der Waals surface area contributed by atoms with E-state index in [9.17, 15) is 13.2 Å². The van der Waals surface area contributed by atoms with E-state index in [1.54, 1.807) is 0 Å². The van der Waals surface area contributed by atoms with Crippen LogP contribution in [0.5, 0.6) is 5.88 Å². The van der Waals surface area contributed by atoms with E-state index in [1.807, 2.05) is 0 Å². The van der Waals surface area contributed by atoms with Gasteiger partial charge in [-0.05, 0) is 22.0 Å². The fourth-order valence-electron chi connectivity index (χ4n) is 0.826. The van der Waals surface area contributed by atoms with Gasteiger partial charge >= 0.3 is 6.18 Å². The maximum absolute atomic E-state index is 11.8. The van der Waals surface area contributed by atoms with Crippen LogP contribution in [0.15, 0.2) is 16.7 Å². The molecule has 1 rings (SSSR count). The van der Waals surface area contributed by atoms with Crippen molar-refractivity contribution in [2.24, 2.45) is 0 Å². The average molecular weight is 285 g/mol. The number of aromatic nitrogens is 1. The summed E-state index contributed by atoms with van der Waals surface area (Å²) in [5, 5.41) is 0. The zero-order valence-electron chi connectivity index (χ0n) is 7.51. The SMILES string of the molecule is Nc1cc(Br)cnc1OCCC(F)(F)F. The molecule has 0 saturated heterocycles. The van der Waals surface area contributed by atoms with E-state index in [2.05, 4.69) is 20.9 Å². The van der Waals surface area contributed by atoms with Gasteiger partial charge in [0.15, 0.2) is 0 Å². The minimum atomic E-state index is -4.23. The van der Waals surface area contributed by atoms with Crippen molar-refractivity contribution in [3.63, 3.8) is 0 Å². The number of anilines is 1. The van der Waals surface area contributed by atoms with E-state index in [4.69, 9.17) is 10.5 Å². The van der Waals surface area contributed by atoms with Crippen LogP contribution in [0.3, 0.4) is 0 Å². The minimum Gasteiger partial charge on any atom is -0.476 e. The lowest BCUT2D eigenvalue weighted by Crippen LogP contribution is -2.13. The third-order valence-electron chi connectivity index (χ3n) is 1.47. The first kappa shape index (κ1) is 12.1.